The van der Waals surface area contributed by atoms with Crippen LogP contribution in [0.3, 0.4) is 0 Å². The Balaban J connectivity index is 1.69. The molecule has 1 aromatic carbocycles. The highest BCUT2D eigenvalue weighted by Gasteiger charge is 2.24. The Morgan fingerprint density at radius 3 is 3.04 bits per heavy atom. The SMILES string of the molecule is CC1CCc2nc(NS(=O)(=O)c3cccc4nsnc34)sc2C1. The highest BCUT2D eigenvalue weighted by Crippen LogP contribution is 2.33. The van der Waals surface area contributed by atoms with Crippen LogP contribution in [-0.2, 0) is 22.9 Å². The molecule has 23 heavy (non-hydrogen) atoms. The highest BCUT2D eigenvalue weighted by molar-refractivity contribution is 7.93. The van der Waals surface area contributed by atoms with Gasteiger partial charge in [0.2, 0.25) is 0 Å². The summed E-state index contributed by atoms with van der Waals surface area (Å²) in [7, 11) is -3.72. The smallest absolute Gasteiger partial charge is 0.255 e. The lowest BCUT2D eigenvalue weighted by Gasteiger charge is -2.15. The molecule has 2 heterocycles. The molecule has 0 saturated heterocycles. The molecule has 0 aliphatic heterocycles. The molecule has 1 unspecified atom stereocenters. The van der Waals surface area contributed by atoms with Crippen molar-refractivity contribution in [2.24, 2.45) is 5.92 Å². The molecule has 120 valence electrons. The highest BCUT2D eigenvalue weighted by atomic mass is 32.2. The average molecular weight is 366 g/mol. The minimum Gasteiger partial charge on any atom is -0.255 e. The summed E-state index contributed by atoms with van der Waals surface area (Å²) in [6.07, 6.45) is 2.99. The van der Waals surface area contributed by atoms with Crippen LogP contribution in [0.4, 0.5) is 5.13 Å². The van der Waals surface area contributed by atoms with Crippen molar-refractivity contribution in [3.63, 3.8) is 0 Å². The summed E-state index contributed by atoms with van der Waals surface area (Å²) < 4.78 is 36.2. The lowest BCUT2D eigenvalue weighted by molar-refractivity contribution is 0.502. The van der Waals surface area contributed by atoms with E-state index in [0.717, 1.165) is 36.7 Å². The van der Waals surface area contributed by atoms with Crippen LogP contribution < -0.4 is 4.72 Å². The molecule has 1 aliphatic rings. The van der Waals surface area contributed by atoms with Crippen LogP contribution in [-0.4, -0.2) is 22.1 Å². The molecular formula is C14H14N4O2S3. The first-order chi connectivity index (χ1) is 11.0. The van der Waals surface area contributed by atoms with Gasteiger partial charge in [0.1, 0.15) is 15.9 Å². The van der Waals surface area contributed by atoms with Gasteiger partial charge in [-0.15, -0.1) is 11.3 Å². The normalized spacial score (nSPS) is 18.0. The van der Waals surface area contributed by atoms with E-state index in [4.69, 9.17) is 0 Å². The fraction of sp³-hybridized carbons (Fsp3) is 0.357. The second-order valence-electron chi connectivity index (χ2n) is 5.73. The number of benzene rings is 1. The number of aromatic nitrogens is 3. The summed E-state index contributed by atoms with van der Waals surface area (Å²) in [5, 5.41) is 0.435. The summed E-state index contributed by atoms with van der Waals surface area (Å²) in [5.41, 5.74) is 2.02. The average Bonchev–Trinajstić information content (AvgIpc) is 3.11. The molecule has 0 spiro atoms. The second kappa shape index (κ2) is 5.50. The maximum absolute atomic E-state index is 12.7. The standard InChI is InChI=1S/C14H14N4O2S3/c1-8-5-6-9-11(7-8)21-14(15-9)18-23(19,20)12-4-2-3-10-13(12)17-22-16-10/h2-4,8H,5-7H2,1H3,(H,15,18). The number of nitrogens with zero attached hydrogens (tertiary/aromatic N) is 3. The first-order valence-electron chi connectivity index (χ1n) is 7.25. The number of sulfonamides is 1. The Morgan fingerprint density at radius 2 is 2.17 bits per heavy atom. The number of thiazole rings is 1. The summed E-state index contributed by atoms with van der Waals surface area (Å²) >= 11 is 2.44. The predicted octanol–water partition coefficient (Wildman–Crippen LogP) is 3.07. The third-order valence-corrected chi connectivity index (χ3v) is 7.02. The number of rotatable bonds is 3. The zero-order chi connectivity index (χ0) is 16.0. The molecule has 4 rings (SSSR count). The van der Waals surface area contributed by atoms with Gasteiger partial charge in [-0.2, -0.15) is 8.75 Å². The number of anilines is 1. The summed E-state index contributed by atoms with van der Waals surface area (Å²) in [6, 6.07) is 4.97. The van der Waals surface area contributed by atoms with E-state index in [2.05, 4.69) is 25.4 Å². The van der Waals surface area contributed by atoms with Crippen LogP contribution >= 0.6 is 23.1 Å². The zero-order valence-electron chi connectivity index (χ0n) is 12.3. The van der Waals surface area contributed by atoms with Crippen LogP contribution in [0, 0.1) is 5.92 Å². The van der Waals surface area contributed by atoms with Crippen molar-refractivity contribution in [2.75, 3.05) is 4.72 Å². The quantitative estimate of drug-likeness (QED) is 0.770. The van der Waals surface area contributed by atoms with Gasteiger partial charge in [0.25, 0.3) is 10.0 Å². The van der Waals surface area contributed by atoms with Crippen molar-refractivity contribution in [1.29, 1.82) is 0 Å². The fourth-order valence-electron chi connectivity index (χ4n) is 2.75. The molecule has 0 bridgehead atoms. The van der Waals surface area contributed by atoms with Crippen LogP contribution in [0.25, 0.3) is 11.0 Å². The topological polar surface area (TPSA) is 84.8 Å². The van der Waals surface area contributed by atoms with Crippen LogP contribution in [0.2, 0.25) is 0 Å². The van der Waals surface area contributed by atoms with E-state index in [1.54, 1.807) is 18.2 Å². The monoisotopic (exact) mass is 366 g/mol. The molecule has 0 amide bonds. The molecule has 0 radical (unpaired) electrons. The summed E-state index contributed by atoms with van der Waals surface area (Å²) in [4.78, 5) is 5.79. The Bertz CT molecular complexity index is 977. The predicted molar refractivity (Wildman–Crippen MR) is 91.5 cm³/mol. The largest absolute Gasteiger partial charge is 0.265 e. The Kier molecular flexibility index (Phi) is 3.58. The maximum Gasteiger partial charge on any atom is 0.265 e. The summed E-state index contributed by atoms with van der Waals surface area (Å²) in [5.74, 6) is 0.627. The van der Waals surface area contributed by atoms with E-state index in [9.17, 15) is 8.42 Å². The van der Waals surface area contributed by atoms with E-state index in [1.165, 1.54) is 16.2 Å². The lowest BCUT2D eigenvalue weighted by atomic mass is 9.93. The minimum absolute atomic E-state index is 0.144. The molecule has 0 saturated carbocycles. The first-order valence-corrected chi connectivity index (χ1v) is 10.3. The molecule has 6 nitrogen and oxygen atoms in total. The van der Waals surface area contributed by atoms with Crippen molar-refractivity contribution in [2.45, 2.75) is 31.1 Å². The molecular weight excluding hydrogens is 352 g/mol. The van der Waals surface area contributed by atoms with Gasteiger partial charge < -0.3 is 0 Å². The second-order valence-corrected chi connectivity index (χ2v) is 8.99. The van der Waals surface area contributed by atoms with Crippen LogP contribution in [0.1, 0.15) is 23.9 Å². The molecule has 9 heteroatoms. The Labute approximate surface area is 142 Å². The van der Waals surface area contributed by atoms with E-state index >= 15 is 0 Å². The molecule has 1 atom stereocenters. The van der Waals surface area contributed by atoms with Crippen molar-refractivity contribution in [3.8, 4) is 0 Å². The number of hydrogen-bond acceptors (Lipinski definition) is 7. The van der Waals surface area contributed by atoms with Gasteiger partial charge >= 0.3 is 0 Å². The maximum atomic E-state index is 12.7. The molecule has 1 N–H and O–H groups in total. The zero-order valence-corrected chi connectivity index (χ0v) is 14.8. The van der Waals surface area contributed by atoms with Crippen LogP contribution in [0.5, 0.6) is 0 Å². The van der Waals surface area contributed by atoms with Crippen LogP contribution in [0.15, 0.2) is 23.1 Å². The Morgan fingerprint density at radius 1 is 1.30 bits per heavy atom. The molecule has 0 fully saturated rings. The number of aryl methyl sites for hydroxylation is 1. The number of hydrogen-bond donors (Lipinski definition) is 1. The van der Waals surface area contributed by atoms with E-state index in [1.807, 2.05) is 0 Å². The third kappa shape index (κ3) is 2.73. The molecule has 1 aliphatic carbocycles. The Hall–Kier alpha value is -1.58. The van der Waals surface area contributed by atoms with E-state index < -0.39 is 10.0 Å². The first kappa shape index (κ1) is 15.0. The fourth-order valence-corrected chi connectivity index (χ4v) is 5.93. The van der Waals surface area contributed by atoms with Crippen molar-refractivity contribution in [3.05, 3.63) is 28.8 Å². The summed E-state index contributed by atoms with van der Waals surface area (Å²) in [6.45, 7) is 2.21. The molecule has 2 aromatic heterocycles. The van der Waals surface area contributed by atoms with Gasteiger partial charge in [-0.05, 0) is 37.3 Å². The third-order valence-electron chi connectivity index (χ3n) is 3.95. The van der Waals surface area contributed by atoms with E-state index in [-0.39, 0.29) is 4.90 Å². The van der Waals surface area contributed by atoms with Crippen molar-refractivity contribution in [1.82, 2.24) is 13.7 Å². The van der Waals surface area contributed by atoms with Crippen molar-refractivity contribution >= 4 is 49.3 Å². The van der Waals surface area contributed by atoms with Gasteiger partial charge in [0, 0.05) is 4.88 Å². The van der Waals surface area contributed by atoms with Gasteiger partial charge in [0.05, 0.1) is 17.4 Å². The molecule has 3 aromatic rings. The number of fused-ring (bicyclic) bond motifs is 2. The minimum atomic E-state index is -3.72. The number of nitrogens with one attached hydrogen (secondary N) is 1. The van der Waals surface area contributed by atoms with Gasteiger partial charge in [-0.25, -0.2) is 13.4 Å². The van der Waals surface area contributed by atoms with Gasteiger partial charge in [0.15, 0.2) is 5.13 Å². The van der Waals surface area contributed by atoms with Gasteiger partial charge in [-0.3, -0.25) is 4.72 Å². The van der Waals surface area contributed by atoms with E-state index in [0.29, 0.717) is 22.1 Å². The van der Waals surface area contributed by atoms with Crippen molar-refractivity contribution < 1.29 is 8.42 Å². The van der Waals surface area contributed by atoms with Gasteiger partial charge in [-0.1, -0.05) is 13.0 Å². The lowest BCUT2D eigenvalue weighted by Crippen LogP contribution is -2.13.